The van der Waals surface area contributed by atoms with Gasteiger partial charge in [-0.15, -0.1) is 0 Å². The first kappa shape index (κ1) is 14.0. The smallest absolute Gasteiger partial charge is 0.312 e. The van der Waals surface area contributed by atoms with Gasteiger partial charge in [0.25, 0.3) is 0 Å². The maximum atomic E-state index is 12.0. The normalized spacial score (nSPS) is 26.0. The van der Waals surface area contributed by atoms with Gasteiger partial charge in [0.1, 0.15) is 5.75 Å². The molecule has 0 spiro atoms. The summed E-state index contributed by atoms with van der Waals surface area (Å²) in [7, 11) is 1.62. The highest BCUT2D eigenvalue weighted by molar-refractivity contribution is 5.74. The lowest BCUT2D eigenvalue weighted by Crippen LogP contribution is -2.27. The van der Waals surface area contributed by atoms with E-state index in [4.69, 9.17) is 14.2 Å². The van der Waals surface area contributed by atoms with Crippen LogP contribution in [0, 0.1) is 17.8 Å². The standard InChI is InChI=1S/C17H18O4/c1-19-13-6-2-4-12(10-13)5-3-9-20-17(18)15-11-14-7-8-16(15)21-14/h2,4,6,10,14-16H,7-9,11H2,1H3. The summed E-state index contributed by atoms with van der Waals surface area (Å²) >= 11 is 0. The van der Waals surface area contributed by atoms with E-state index in [1.54, 1.807) is 7.11 Å². The van der Waals surface area contributed by atoms with E-state index in [1.165, 1.54) is 0 Å². The van der Waals surface area contributed by atoms with E-state index in [9.17, 15) is 4.79 Å². The topological polar surface area (TPSA) is 44.8 Å². The predicted octanol–water partition coefficient (Wildman–Crippen LogP) is 2.16. The lowest BCUT2D eigenvalue weighted by atomic mass is 9.89. The molecular weight excluding hydrogens is 268 g/mol. The van der Waals surface area contributed by atoms with Crippen molar-refractivity contribution >= 4 is 5.97 Å². The highest BCUT2D eigenvalue weighted by Gasteiger charge is 2.45. The number of esters is 1. The Balaban J connectivity index is 1.50. The van der Waals surface area contributed by atoms with Crippen molar-refractivity contribution in [3.63, 3.8) is 0 Å². The van der Waals surface area contributed by atoms with Gasteiger partial charge in [0.15, 0.2) is 6.61 Å². The maximum absolute atomic E-state index is 12.0. The Labute approximate surface area is 124 Å². The van der Waals surface area contributed by atoms with E-state index >= 15 is 0 Å². The van der Waals surface area contributed by atoms with Gasteiger partial charge in [-0.25, -0.2) is 0 Å². The Morgan fingerprint density at radius 1 is 1.43 bits per heavy atom. The Morgan fingerprint density at radius 2 is 2.33 bits per heavy atom. The summed E-state index contributed by atoms with van der Waals surface area (Å²) in [6.07, 6.45) is 3.17. The molecule has 110 valence electrons. The van der Waals surface area contributed by atoms with E-state index in [0.717, 1.165) is 30.6 Å². The number of fused-ring (bicyclic) bond motifs is 2. The van der Waals surface area contributed by atoms with Gasteiger partial charge in [-0.1, -0.05) is 17.9 Å². The fraction of sp³-hybridized carbons (Fsp3) is 0.471. The van der Waals surface area contributed by atoms with Crippen molar-refractivity contribution in [3.05, 3.63) is 29.8 Å². The van der Waals surface area contributed by atoms with E-state index < -0.39 is 0 Å². The molecule has 2 aliphatic heterocycles. The van der Waals surface area contributed by atoms with Crippen molar-refractivity contribution < 1.29 is 19.0 Å². The first-order valence-electron chi connectivity index (χ1n) is 7.21. The number of ether oxygens (including phenoxy) is 3. The Bertz CT molecular complexity index is 584. The second-order valence-electron chi connectivity index (χ2n) is 5.36. The molecule has 2 bridgehead atoms. The zero-order valence-corrected chi connectivity index (χ0v) is 12.0. The minimum absolute atomic E-state index is 0.0637. The fourth-order valence-electron chi connectivity index (χ4n) is 2.94. The van der Waals surface area contributed by atoms with E-state index in [1.807, 2.05) is 24.3 Å². The molecule has 3 unspecified atom stereocenters. The van der Waals surface area contributed by atoms with Crippen LogP contribution in [-0.2, 0) is 14.3 Å². The Morgan fingerprint density at radius 3 is 3.05 bits per heavy atom. The van der Waals surface area contributed by atoms with Crippen molar-refractivity contribution in [1.29, 1.82) is 0 Å². The average molecular weight is 286 g/mol. The van der Waals surface area contributed by atoms with E-state index in [0.29, 0.717) is 0 Å². The Kier molecular flexibility index (Phi) is 4.12. The second-order valence-corrected chi connectivity index (χ2v) is 5.36. The number of carbonyl (C=O) groups excluding carboxylic acids is 1. The third-order valence-electron chi connectivity index (χ3n) is 4.00. The Hall–Kier alpha value is -1.99. The van der Waals surface area contributed by atoms with Crippen LogP contribution in [0.3, 0.4) is 0 Å². The van der Waals surface area contributed by atoms with Gasteiger partial charge in [0, 0.05) is 5.56 Å². The van der Waals surface area contributed by atoms with Crippen LogP contribution in [0.1, 0.15) is 24.8 Å². The van der Waals surface area contributed by atoms with E-state index in [-0.39, 0.29) is 30.7 Å². The van der Waals surface area contributed by atoms with Crippen LogP contribution >= 0.6 is 0 Å². The van der Waals surface area contributed by atoms with Gasteiger partial charge >= 0.3 is 5.97 Å². The van der Waals surface area contributed by atoms with Crippen LogP contribution in [0.15, 0.2) is 24.3 Å². The zero-order valence-electron chi connectivity index (χ0n) is 12.0. The maximum Gasteiger partial charge on any atom is 0.312 e. The van der Waals surface area contributed by atoms with Crippen molar-refractivity contribution in [1.82, 2.24) is 0 Å². The van der Waals surface area contributed by atoms with Gasteiger partial charge in [-0.3, -0.25) is 4.79 Å². The molecule has 2 aliphatic rings. The molecule has 1 aromatic carbocycles. The molecule has 0 saturated carbocycles. The predicted molar refractivity (Wildman–Crippen MR) is 76.8 cm³/mol. The van der Waals surface area contributed by atoms with Gasteiger partial charge < -0.3 is 14.2 Å². The van der Waals surface area contributed by atoms with Crippen molar-refractivity contribution in [3.8, 4) is 17.6 Å². The monoisotopic (exact) mass is 286 g/mol. The van der Waals surface area contributed by atoms with Crippen molar-refractivity contribution in [2.24, 2.45) is 5.92 Å². The average Bonchev–Trinajstić information content (AvgIpc) is 3.14. The van der Waals surface area contributed by atoms with Gasteiger partial charge in [0.05, 0.1) is 25.2 Å². The molecule has 0 radical (unpaired) electrons. The fourth-order valence-corrected chi connectivity index (χ4v) is 2.94. The SMILES string of the molecule is COc1cccc(C#CCOC(=O)C2CC3CCC2O3)c1. The molecule has 3 rings (SSSR count). The molecule has 4 heteroatoms. The molecule has 3 atom stereocenters. The first-order chi connectivity index (χ1) is 10.3. The van der Waals surface area contributed by atoms with Gasteiger partial charge in [-0.2, -0.15) is 0 Å². The third kappa shape index (κ3) is 3.20. The molecule has 0 N–H and O–H groups in total. The molecule has 2 fully saturated rings. The quantitative estimate of drug-likeness (QED) is 0.631. The van der Waals surface area contributed by atoms with Crippen LogP contribution in [0.2, 0.25) is 0 Å². The van der Waals surface area contributed by atoms with Crippen LogP contribution in [0.5, 0.6) is 5.75 Å². The molecular formula is C17H18O4. The number of hydrogen-bond acceptors (Lipinski definition) is 4. The summed E-state index contributed by atoms with van der Waals surface area (Å²) < 4.78 is 16.0. The largest absolute Gasteiger partial charge is 0.497 e. The van der Waals surface area contributed by atoms with Crippen molar-refractivity contribution in [2.45, 2.75) is 31.5 Å². The number of methoxy groups -OCH3 is 1. The molecule has 0 aliphatic carbocycles. The molecule has 0 aromatic heterocycles. The van der Waals surface area contributed by atoms with Crippen LogP contribution in [0.4, 0.5) is 0 Å². The van der Waals surface area contributed by atoms with Crippen LogP contribution in [-0.4, -0.2) is 31.9 Å². The summed E-state index contributed by atoms with van der Waals surface area (Å²) in [6.45, 7) is 0.115. The summed E-state index contributed by atoms with van der Waals surface area (Å²) in [4.78, 5) is 12.0. The third-order valence-corrected chi connectivity index (χ3v) is 4.00. The molecule has 21 heavy (non-hydrogen) atoms. The number of benzene rings is 1. The zero-order chi connectivity index (χ0) is 14.7. The molecule has 1 aromatic rings. The summed E-state index contributed by atoms with van der Waals surface area (Å²) in [5.41, 5.74) is 0.841. The van der Waals surface area contributed by atoms with Gasteiger partial charge in [-0.05, 0) is 37.5 Å². The minimum atomic E-state index is -0.179. The second kappa shape index (κ2) is 6.19. The molecule has 0 amide bonds. The summed E-state index contributed by atoms with van der Waals surface area (Å²) in [5, 5.41) is 0. The van der Waals surface area contributed by atoms with Gasteiger partial charge in [0.2, 0.25) is 0 Å². The number of rotatable bonds is 3. The number of hydrogen-bond donors (Lipinski definition) is 0. The van der Waals surface area contributed by atoms with Crippen molar-refractivity contribution in [2.75, 3.05) is 13.7 Å². The lowest BCUT2D eigenvalue weighted by Gasteiger charge is -2.15. The highest BCUT2D eigenvalue weighted by atomic mass is 16.5. The summed E-state index contributed by atoms with van der Waals surface area (Å²) in [5.74, 6) is 6.31. The first-order valence-corrected chi connectivity index (χ1v) is 7.21. The molecule has 2 saturated heterocycles. The molecule has 4 nitrogen and oxygen atoms in total. The lowest BCUT2D eigenvalue weighted by molar-refractivity contribution is -0.148. The van der Waals surface area contributed by atoms with Crippen LogP contribution in [0.25, 0.3) is 0 Å². The molecule has 2 heterocycles. The minimum Gasteiger partial charge on any atom is -0.497 e. The van der Waals surface area contributed by atoms with Crippen LogP contribution < -0.4 is 4.74 Å². The van der Waals surface area contributed by atoms with E-state index in [2.05, 4.69) is 11.8 Å². The number of carbonyl (C=O) groups is 1. The summed E-state index contributed by atoms with van der Waals surface area (Å²) in [6, 6.07) is 7.47. The highest BCUT2D eigenvalue weighted by Crippen LogP contribution is 2.39.